The molecule has 0 atom stereocenters. The fourth-order valence-electron chi connectivity index (χ4n) is 4.81. The van der Waals surface area contributed by atoms with Gasteiger partial charge in [0, 0.05) is 22.3 Å². The second-order valence-corrected chi connectivity index (χ2v) is 9.81. The molecule has 0 radical (unpaired) electrons. The van der Waals surface area contributed by atoms with Gasteiger partial charge in [-0.15, -0.1) is 0 Å². The molecule has 0 fully saturated rings. The Morgan fingerprint density at radius 3 is 1.05 bits per heavy atom. The first-order valence-electron chi connectivity index (χ1n) is 13.8. The van der Waals surface area contributed by atoms with E-state index in [-0.39, 0.29) is 0 Å². The predicted octanol–water partition coefficient (Wildman–Crippen LogP) is 8.66. The SMILES string of the molecule is c1ccc(-c2ccc(-c3cc(-c4nc(-c5ccccc5)nc(-c5ccccc5)n4)nc(-c4ccccc4)n3)cc2)cc1. The highest BCUT2D eigenvalue weighted by molar-refractivity contribution is 5.73. The summed E-state index contributed by atoms with van der Waals surface area (Å²) < 4.78 is 0. The van der Waals surface area contributed by atoms with Crippen LogP contribution in [0.4, 0.5) is 0 Å². The van der Waals surface area contributed by atoms with Crippen LogP contribution in [0.3, 0.4) is 0 Å². The van der Waals surface area contributed by atoms with Crippen LogP contribution < -0.4 is 0 Å². The van der Waals surface area contributed by atoms with Crippen molar-refractivity contribution in [1.29, 1.82) is 0 Å². The van der Waals surface area contributed by atoms with Gasteiger partial charge in [0.2, 0.25) is 0 Å². The molecule has 0 saturated carbocycles. The minimum Gasteiger partial charge on any atom is -0.228 e. The van der Waals surface area contributed by atoms with Crippen LogP contribution in [0.5, 0.6) is 0 Å². The summed E-state index contributed by atoms with van der Waals surface area (Å²) in [5.41, 5.74) is 7.46. The van der Waals surface area contributed by atoms with E-state index in [2.05, 4.69) is 36.4 Å². The third kappa shape index (κ3) is 5.31. The molecule has 0 unspecified atom stereocenters. The molecule has 5 nitrogen and oxygen atoms in total. The van der Waals surface area contributed by atoms with Gasteiger partial charge in [-0.05, 0) is 17.2 Å². The van der Waals surface area contributed by atoms with Crippen LogP contribution in [0.25, 0.3) is 68.1 Å². The fraction of sp³-hybridized carbons (Fsp3) is 0. The summed E-state index contributed by atoms with van der Waals surface area (Å²) >= 11 is 0. The second-order valence-electron chi connectivity index (χ2n) is 9.81. The van der Waals surface area contributed by atoms with Crippen LogP contribution >= 0.6 is 0 Å². The van der Waals surface area contributed by atoms with Gasteiger partial charge >= 0.3 is 0 Å². The zero-order chi connectivity index (χ0) is 28.1. The lowest BCUT2D eigenvalue weighted by molar-refractivity contribution is 1.05. The minimum absolute atomic E-state index is 0.490. The first-order chi connectivity index (χ1) is 20.8. The minimum atomic E-state index is 0.490. The van der Waals surface area contributed by atoms with E-state index < -0.39 is 0 Å². The highest BCUT2D eigenvalue weighted by Crippen LogP contribution is 2.30. The monoisotopic (exact) mass is 539 g/mol. The van der Waals surface area contributed by atoms with Gasteiger partial charge < -0.3 is 0 Å². The molecule has 0 aliphatic rings. The van der Waals surface area contributed by atoms with Gasteiger partial charge in [0.25, 0.3) is 0 Å². The lowest BCUT2D eigenvalue weighted by Crippen LogP contribution is -2.03. The number of benzene rings is 5. The molecule has 5 aromatic carbocycles. The Hall–Kier alpha value is -5.81. The van der Waals surface area contributed by atoms with Gasteiger partial charge in [-0.25, -0.2) is 24.9 Å². The summed E-state index contributed by atoms with van der Waals surface area (Å²) in [5, 5.41) is 0. The lowest BCUT2D eigenvalue weighted by Gasteiger charge is -2.11. The molecule has 198 valence electrons. The Morgan fingerprint density at radius 1 is 0.238 bits per heavy atom. The average Bonchev–Trinajstić information content (AvgIpc) is 3.09. The van der Waals surface area contributed by atoms with E-state index >= 15 is 0 Å². The van der Waals surface area contributed by atoms with Crippen molar-refractivity contribution in [3.63, 3.8) is 0 Å². The number of rotatable bonds is 6. The van der Waals surface area contributed by atoms with Crippen LogP contribution in [0.2, 0.25) is 0 Å². The molecule has 42 heavy (non-hydrogen) atoms. The van der Waals surface area contributed by atoms with Gasteiger partial charge in [-0.1, -0.05) is 146 Å². The van der Waals surface area contributed by atoms with Crippen molar-refractivity contribution in [3.05, 3.63) is 152 Å². The van der Waals surface area contributed by atoms with Crippen LogP contribution in [-0.4, -0.2) is 24.9 Å². The van der Waals surface area contributed by atoms with Crippen molar-refractivity contribution in [2.45, 2.75) is 0 Å². The molecule has 0 aliphatic carbocycles. The Labute approximate surface area is 244 Å². The van der Waals surface area contributed by atoms with E-state index in [4.69, 9.17) is 24.9 Å². The van der Waals surface area contributed by atoms with Crippen molar-refractivity contribution in [1.82, 2.24) is 24.9 Å². The molecule has 0 amide bonds. The Morgan fingerprint density at radius 2 is 0.571 bits per heavy atom. The lowest BCUT2D eigenvalue weighted by atomic mass is 10.0. The van der Waals surface area contributed by atoms with Crippen molar-refractivity contribution in [2.24, 2.45) is 0 Å². The Bertz CT molecular complexity index is 1880. The molecule has 0 aliphatic heterocycles. The maximum absolute atomic E-state index is 4.98. The third-order valence-electron chi connectivity index (χ3n) is 6.97. The van der Waals surface area contributed by atoms with Crippen LogP contribution in [-0.2, 0) is 0 Å². The maximum atomic E-state index is 4.98. The highest BCUT2D eigenvalue weighted by atomic mass is 15.1. The van der Waals surface area contributed by atoms with Crippen LogP contribution in [0.15, 0.2) is 152 Å². The molecule has 7 rings (SSSR count). The Balaban J connectivity index is 1.39. The van der Waals surface area contributed by atoms with Crippen molar-refractivity contribution in [2.75, 3.05) is 0 Å². The van der Waals surface area contributed by atoms with E-state index in [0.29, 0.717) is 29.0 Å². The summed E-state index contributed by atoms with van der Waals surface area (Å²) in [6.07, 6.45) is 0. The summed E-state index contributed by atoms with van der Waals surface area (Å²) in [4.78, 5) is 24.6. The van der Waals surface area contributed by atoms with Gasteiger partial charge in [-0.3, -0.25) is 0 Å². The molecule has 5 heteroatoms. The Kier molecular flexibility index (Phi) is 6.81. The van der Waals surface area contributed by atoms with E-state index in [1.54, 1.807) is 0 Å². The normalized spacial score (nSPS) is 10.9. The first-order valence-corrected chi connectivity index (χ1v) is 13.8. The van der Waals surface area contributed by atoms with E-state index in [1.165, 1.54) is 5.56 Å². The number of hydrogen-bond donors (Lipinski definition) is 0. The summed E-state index contributed by atoms with van der Waals surface area (Å²) in [6, 6.07) is 50.7. The van der Waals surface area contributed by atoms with Crippen molar-refractivity contribution in [3.8, 4) is 68.1 Å². The fourth-order valence-corrected chi connectivity index (χ4v) is 4.81. The predicted molar refractivity (Wildman–Crippen MR) is 168 cm³/mol. The van der Waals surface area contributed by atoms with Crippen molar-refractivity contribution < 1.29 is 0 Å². The number of nitrogens with zero attached hydrogens (tertiary/aromatic N) is 5. The summed E-state index contributed by atoms with van der Waals surface area (Å²) in [5.74, 6) is 2.28. The molecule has 2 aromatic heterocycles. The summed E-state index contributed by atoms with van der Waals surface area (Å²) in [7, 11) is 0. The number of aromatic nitrogens is 5. The molecular weight excluding hydrogens is 514 g/mol. The average molecular weight is 540 g/mol. The first kappa shape index (κ1) is 25.2. The third-order valence-corrected chi connectivity index (χ3v) is 6.97. The molecular formula is C37H25N5. The highest BCUT2D eigenvalue weighted by Gasteiger charge is 2.16. The molecule has 0 spiro atoms. The topological polar surface area (TPSA) is 64.5 Å². The van der Waals surface area contributed by atoms with Gasteiger partial charge in [0.05, 0.1) is 5.69 Å². The standard InChI is InChI=1S/C37H25N5/c1-5-13-26(14-6-1)27-21-23-28(24-22-27)32-25-33(39-34(38-32)29-15-7-2-8-16-29)37-41-35(30-17-9-3-10-18-30)40-36(42-37)31-19-11-4-12-20-31/h1-25H. The smallest absolute Gasteiger partial charge is 0.182 e. The van der Waals surface area contributed by atoms with E-state index in [1.807, 2.05) is 115 Å². The van der Waals surface area contributed by atoms with Gasteiger partial charge in [0.1, 0.15) is 5.69 Å². The van der Waals surface area contributed by atoms with Gasteiger partial charge in [-0.2, -0.15) is 0 Å². The number of hydrogen-bond acceptors (Lipinski definition) is 5. The van der Waals surface area contributed by atoms with Crippen molar-refractivity contribution >= 4 is 0 Å². The molecule has 2 heterocycles. The van der Waals surface area contributed by atoms with Crippen LogP contribution in [0.1, 0.15) is 0 Å². The quantitative estimate of drug-likeness (QED) is 0.212. The molecule has 0 saturated heterocycles. The van der Waals surface area contributed by atoms with E-state index in [0.717, 1.165) is 33.5 Å². The van der Waals surface area contributed by atoms with Crippen LogP contribution in [0, 0.1) is 0 Å². The maximum Gasteiger partial charge on any atom is 0.182 e. The van der Waals surface area contributed by atoms with Gasteiger partial charge in [0.15, 0.2) is 23.3 Å². The molecule has 0 N–H and O–H groups in total. The zero-order valence-electron chi connectivity index (χ0n) is 22.7. The summed E-state index contributed by atoms with van der Waals surface area (Å²) in [6.45, 7) is 0. The second kappa shape index (κ2) is 11.4. The van der Waals surface area contributed by atoms with E-state index in [9.17, 15) is 0 Å². The molecule has 0 bridgehead atoms. The largest absolute Gasteiger partial charge is 0.228 e. The molecule has 7 aromatic rings. The zero-order valence-corrected chi connectivity index (χ0v) is 22.7.